The molecule has 2 nitrogen and oxygen atoms in total. The van der Waals surface area contributed by atoms with Gasteiger partial charge in [-0.15, -0.1) is 0 Å². The minimum atomic E-state index is 0.743. The summed E-state index contributed by atoms with van der Waals surface area (Å²) in [4.78, 5) is 0. The normalized spacial score (nSPS) is 10.8. The number of para-hydroxylation sites is 1. The molecule has 23 heavy (non-hydrogen) atoms. The average Bonchev–Trinajstić information content (AvgIpc) is 2.61. The molecule has 3 aromatic carbocycles. The molecule has 0 unspecified atom stereocenters. The summed E-state index contributed by atoms with van der Waals surface area (Å²) < 4.78 is 0. The Hall–Kier alpha value is -2.87. The van der Waals surface area contributed by atoms with Crippen molar-refractivity contribution in [1.29, 1.82) is 0 Å². The van der Waals surface area contributed by atoms with Crippen molar-refractivity contribution in [2.75, 3.05) is 5.01 Å². The van der Waals surface area contributed by atoms with Gasteiger partial charge in [-0.1, -0.05) is 78.4 Å². The predicted molar refractivity (Wildman–Crippen MR) is 97.8 cm³/mol. The summed E-state index contributed by atoms with van der Waals surface area (Å²) in [5.41, 5.74) is 4.67. The average molecular weight is 300 g/mol. The zero-order valence-electron chi connectivity index (χ0n) is 13.3. The number of hydrogen-bond donors (Lipinski definition) is 0. The Morgan fingerprint density at radius 1 is 0.783 bits per heavy atom. The van der Waals surface area contributed by atoms with Gasteiger partial charge in [0.2, 0.25) is 0 Å². The van der Waals surface area contributed by atoms with Crippen molar-refractivity contribution in [3.05, 3.63) is 102 Å². The van der Waals surface area contributed by atoms with E-state index < -0.39 is 0 Å². The number of anilines is 1. The highest BCUT2D eigenvalue weighted by Crippen LogP contribution is 2.17. The fraction of sp³-hybridized carbons (Fsp3) is 0.0952. The smallest absolute Gasteiger partial charge is 0.0666 e. The van der Waals surface area contributed by atoms with Crippen LogP contribution in [-0.2, 0) is 6.54 Å². The summed E-state index contributed by atoms with van der Waals surface area (Å²) in [7, 11) is 0. The number of hydrogen-bond acceptors (Lipinski definition) is 2. The lowest BCUT2D eigenvalue weighted by Gasteiger charge is -2.19. The van der Waals surface area contributed by atoms with Crippen LogP contribution in [0.25, 0.3) is 0 Å². The summed E-state index contributed by atoms with van der Waals surface area (Å²) in [6.07, 6.45) is 1.91. The van der Waals surface area contributed by atoms with Crippen molar-refractivity contribution in [1.82, 2.24) is 0 Å². The van der Waals surface area contributed by atoms with Gasteiger partial charge in [0.15, 0.2) is 0 Å². The van der Waals surface area contributed by atoms with Crippen LogP contribution in [0, 0.1) is 6.92 Å². The van der Waals surface area contributed by atoms with Gasteiger partial charge in [-0.25, -0.2) is 0 Å². The van der Waals surface area contributed by atoms with Crippen molar-refractivity contribution >= 4 is 11.9 Å². The van der Waals surface area contributed by atoms with Crippen molar-refractivity contribution in [2.45, 2.75) is 13.5 Å². The van der Waals surface area contributed by atoms with Crippen LogP contribution >= 0.6 is 0 Å². The van der Waals surface area contributed by atoms with Gasteiger partial charge in [0.1, 0.15) is 0 Å². The Morgan fingerprint density at radius 2 is 1.39 bits per heavy atom. The molecule has 0 aliphatic heterocycles. The predicted octanol–water partition coefficient (Wildman–Crippen LogP) is 5.04. The molecule has 0 N–H and O–H groups in total. The van der Waals surface area contributed by atoms with Gasteiger partial charge >= 0.3 is 0 Å². The standard InChI is InChI=1S/C21H20N2/c1-18-12-14-19(15-13-18)16-22-23(21-10-6-3-7-11-21)17-20-8-4-2-5-9-20/h2-16H,17H2,1H3/b22-16+. The van der Waals surface area contributed by atoms with Crippen LogP contribution in [0.2, 0.25) is 0 Å². The molecule has 3 aromatic rings. The maximum absolute atomic E-state index is 4.70. The summed E-state index contributed by atoms with van der Waals surface area (Å²) in [5.74, 6) is 0. The molecule has 114 valence electrons. The Labute approximate surface area is 137 Å². The van der Waals surface area contributed by atoms with Gasteiger partial charge in [0.05, 0.1) is 18.4 Å². The lowest BCUT2D eigenvalue weighted by Crippen LogP contribution is -2.15. The van der Waals surface area contributed by atoms with E-state index in [4.69, 9.17) is 5.10 Å². The first kappa shape index (κ1) is 15.0. The molecule has 0 fully saturated rings. The molecule has 0 aliphatic rings. The van der Waals surface area contributed by atoms with Gasteiger partial charge in [-0.2, -0.15) is 5.10 Å². The maximum atomic E-state index is 4.70. The molecule has 2 heteroatoms. The minimum absolute atomic E-state index is 0.743. The number of benzene rings is 3. The van der Waals surface area contributed by atoms with E-state index in [9.17, 15) is 0 Å². The number of nitrogens with zero attached hydrogens (tertiary/aromatic N) is 2. The van der Waals surface area contributed by atoms with Crippen molar-refractivity contribution in [3.63, 3.8) is 0 Å². The molecule has 0 bridgehead atoms. The number of rotatable bonds is 5. The summed E-state index contributed by atoms with van der Waals surface area (Å²) >= 11 is 0. The highest BCUT2D eigenvalue weighted by molar-refractivity contribution is 5.80. The topological polar surface area (TPSA) is 15.6 Å². The zero-order valence-corrected chi connectivity index (χ0v) is 13.3. The molecule has 0 aromatic heterocycles. The van der Waals surface area contributed by atoms with E-state index in [1.807, 2.05) is 35.5 Å². The highest BCUT2D eigenvalue weighted by atomic mass is 15.4. The van der Waals surface area contributed by atoms with Gasteiger partial charge in [-0.3, -0.25) is 5.01 Å². The fourth-order valence-electron chi connectivity index (χ4n) is 2.34. The van der Waals surface area contributed by atoms with E-state index in [1.54, 1.807) is 0 Å². The second kappa shape index (κ2) is 7.41. The van der Waals surface area contributed by atoms with E-state index in [0.717, 1.165) is 17.8 Å². The quantitative estimate of drug-likeness (QED) is 0.476. The van der Waals surface area contributed by atoms with Crippen molar-refractivity contribution < 1.29 is 0 Å². The number of aryl methyl sites for hydroxylation is 1. The monoisotopic (exact) mass is 300 g/mol. The SMILES string of the molecule is Cc1ccc(/C=N/N(Cc2ccccc2)c2ccccc2)cc1. The van der Waals surface area contributed by atoms with E-state index in [1.165, 1.54) is 11.1 Å². The first-order chi connectivity index (χ1) is 11.3. The molecule has 0 spiro atoms. The third-order valence-electron chi connectivity index (χ3n) is 3.65. The fourth-order valence-corrected chi connectivity index (χ4v) is 2.34. The Kier molecular flexibility index (Phi) is 4.85. The van der Waals surface area contributed by atoms with Crippen LogP contribution in [0.3, 0.4) is 0 Å². The molecule has 0 saturated heterocycles. The second-order valence-corrected chi connectivity index (χ2v) is 5.53. The molecule has 0 amide bonds. The third-order valence-corrected chi connectivity index (χ3v) is 3.65. The summed E-state index contributed by atoms with van der Waals surface area (Å²) in [5, 5.41) is 6.72. The molecular formula is C21H20N2. The van der Waals surface area contributed by atoms with Crippen LogP contribution in [0.15, 0.2) is 90.0 Å². The van der Waals surface area contributed by atoms with Gasteiger partial charge in [0, 0.05) is 0 Å². The van der Waals surface area contributed by atoms with E-state index in [2.05, 4.69) is 67.6 Å². The van der Waals surface area contributed by atoms with Gasteiger partial charge in [-0.05, 0) is 30.2 Å². The molecule has 3 rings (SSSR count). The Bertz CT molecular complexity index is 747. The van der Waals surface area contributed by atoms with Gasteiger partial charge in [0.25, 0.3) is 0 Å². The van der Waals surface area contributed by atoms with Crippen molar-refractivity contribution in [2.24, 2.45) is 5.10 Å². The molecular weight excluding hydrogens is 280 g/mol. The van der Waals surface area contributed by atoms with Crippen LogP contribution in [0.4, 0.5) is 5.69 Å². The summed E-state index contributed by atoms with van der Waals surface area (Å²) in [6, 6.07) is 29.0. The van der Waals surface area contributed by atoms with E-state index in [0.29, 0.717) is 0 Å². The zero-order chi connectivity index (χ0) is 15.9. The minimum Gasteiger partial charge on any atom is -0.261 e. The Balaban J connectivity index is 1.84. The van der Waals surface area contributed by atoms with E-state index >= 15 is 0 Å². The maximum Gasteiger partial charge on any atom is 0.0666 e. The molecule has 0 saturated carbocycles. The van der Waals surface area contributed by atoms with Crippen LogP contribution in [0.1, 0.15) is 16.7 Å². The van der Waals surface area contributed by atoms with E-state index in [-0.39, 0.29) is 0 Å². The van der Waals surface area contributed by atoms with Crippen molar-refractivity contribution in [3.8, 4) is 0 Å². The first-order valence-electron chi connectivity index (χ1n) is 7.78. The molecule has 0 radical (unpaired) electrons. The lowest BCUT2D eigenvalue weighted by atomic mass is 10.2. The number of hydrazone groups is 1. The second-order valence-electron chi connectivity index (χ2n) is 5.53. The Morgan fingerprint density at radius 3 is 2.04 bits per heavy atom. The largest absolute Gasteiger partial charge is 0.261 e. The van der Waals surface area contributed by atoms with Crippen LogP contribution in [-0.4, -0.2) is 6.21 Å². The molecule has 0 atom stereocenters. The molecule has 0 heterocycles. The van der Waals surface area contributed by atoms with Crippen LogP contribution in [0.5, 0.6) is 0 Å². The van der Waals surface area contributed by atoms with Crippen LogP contribution < -0.4 is 5.01 Å². The van der Waals surface area contributed by atoms with Gasteiger partial charge < -0.3 is 0 Å². The lowest BCUT2D eigenvalue weighted by molar-refractivity contribution is 0.858. The first-order valence-corrected chi connectivity index (χ1v) is 7.78. The highest BCUT2D eigenvalue weighted by Gasteiger charge is 2.05. The third kappa shape index (κ3) is 4.30. The molecule has 0 aliphatic carbocycles. The summed E-state index contributed by atoms with van der Waals surface area (Å²) in [6.45, 7) is 2.83.